The normalized spacial score (nSPS) is 32.6. The van der Waals surface area contributed by atoms with Crippen LogP contribution in [0.1, 0.15) is 44.2 Å². The van der Waals surface area contributed by atoms with Crippen molar-refractivity contribution >= 4 is 5.78 Å². The molecule has 1 aromatic carbocycles. The summed E-state index contributed by atoms with van der Waals surface area (Å²) in [6.07, 6.45) is 4.30. The molecule has 0 spiro atoms. The van der Waals surface area contributed by atoms with Crippen LogP contribution in [0.2, 0.25) is 0 Å². The summed E-state index contributed by atoms with van der Waals surface area (Å²) < 4.78 is 0. The molecule has 1 aromatic rings. The van der Waals surface area contributed by atoms with E-state index < -0.39 is 0 Å². The molecule has 0 saturated heterocycles. The van der Waals surface area contributed by atoms with E-state index in [1.165, 1.54) is 17.5 Å². The molecule has 19 heavy (non-hydrogen) atoms. The first-order valence-electron chi connectivity index (χ1n) is 7.57. The van der Waals surface area contributed by atoms with E-state index in [1.54, 1.807) is 0 Å². The maximum absolute atomic E-state index is 12.1. The first-order valence-corrected chi connectivity index (χ1v) is 7.57. The van der Waals surface area contributed by atoms with Gasteiger partial charge < -0.3 is 0 Å². The van der Waals surface area contributed by atoms with Gasteiger partial charge in [-0.05, 0) is 54.6 Å². The lowest BCUT2D eigenvalue weighted by Crippen LogP contribution is -2.11. The summed E-state index contributed by atoms with van der Waals surface area (Å²) in [5.74, 6) is 2.25. The Morgan fingerprint density at radius 3 is 2.74 bits per heavy atom. The number of rotatable bonds is 2. The van der Waals surface area contributed by atoms with E-state index in [0.717, 1.165) is 19.3 Å². The monoisotopic (exact) mass is 256 g/mol. The molecular formula is C18H24O. The summed E-state index contributed by atoms with van der Waals surface area (Å²) >= 11 is 0. The highest BCUT2D eigenvalue weighted by Gasteiger charge is 2.61. The fourth-order valence-corrected chi connectivity index (χ4v) is 4.14. The molecule has 0 aliphatic heterocycles. The van der Waals surface area contributed by atoms with Crippen LogP contribution in [0.4, 0.5) is 0 Å². The Morgan fingerprint density at radius 1 is 1.26 bits per heavy atom. The Balaban J connectivity index is 1.73. The standard InChI is InChI=1S/C18H24O/c1-12-6-4-5-7-14(12)10-13-8-9-16(19)17-15(11-13)18(17,2)3/h4-7,13,15,17H,8-11H2,1-3H3. The fraction of sp³-hybridized carbons (Fsp3) is 0.611. The predicted molar refractivity (Wildman–Crippen MR) is 78.0 cm³/mol. The van der Waals surface area contributed by atoms with Crippen LogP contribution < -0.4 is 0 Å². The van der Waals surface area contributed by atoms with E-state index >= 15 is 0 Å². The Labute approximate surface area is 116 Å². The molecule has 0 heterocycles. The topological polar surface area (TPSA) is 17.1 Å². The summed E-state index contributed by atoms with van der Waals surface area (Å²) in [4.78, 5) is 12.1. The van der Waals surface area contributed by atoms with Crippen molar-refractivity contribution < 1.29 is 4.79 Å². The van der Waals surface area contributed by atoms with E-state index in [1.807, 2.05) is 0 Å². The number of hydrogen-bond donors (Lipinski definition) is 0. The van der Waals surface area contributed by atoms with Gasteiger partial charge in [0.25, 0.3) is 0 Å². The minimum absolute atomic E-state index is 0.279. The van der Waals surface area contributed by atoms with E-state index in [0.29, 0.717) is 23.5 Å². The van der Waals surface area contributed by atoms with Crippen molar-refractivity contribution in [1.29, 1.82) is 0 Å². The van der Waals surface area contributed by atoms with Crippen LogP contribution in [-0.2, 0) is 11.2 Å². The molecule has 2 saturated carbocycles. The Hall–Kier alpha value is -1.11. The molecule has 3 unspecified atom stereocenters. The second-order valence-electron chi connectivity index (χ2n) is 7.14. The summed E-state index contributed by atoms with van der Waals surface area (Å²) in [5, 5.41) is 0. The van der Waals surface area contributed by atoms with Crippen LogP contribution in [0.25, 0.3) is 0 Å². The van der Waals surface area contributed by atoms with Gasteiger partial charge in [0, 0.05) is 12.3 Å². The van der Waals surface area contributed by atoms with E-state index in [9.17, 15) is 4.79 Å². The van der Waals surface area contributed by atoms with Crippen molar-refractivity contribution in [3.8, 4) is 0 Å². The Morgan fingerprint density at radius 2 is 2.00 bits per heavy atom. The van der Waals surface area contributed by atoms with Gasteiger partial charge in [-0.3, -0.25) is 4.79 Å². The van der Waals surface area contributed by atoms with Crippen LogP contribution in [0.15, 0.2) is 24.3 Å². The quantitative estimate of drug-likeness (QED) is 0.776. The van der Waals surface area contributed by atoms with Crippen LogP contribution in [0.5, 0.6) is 0 Å². The van der Waals surface area contributed by atoms with Crippen LogP contribution in [-0.4, -0.2) is 5.78 Å². The molecule has 2 aliphatic rings. The molecule has 0 amide bonds. The lowest BCUT2D eigenvalue weighted by Gasteiger charge is -2.18. The molecular weight excluding hydrogens is 232 g/mol. The number of benzene rings is 1. The number of ketones is 1. The van der Waals surface area contributed by atoms with Crippen molar-refractivity contribution in [3.05, 3.63) is 35.4 Å². The number of fused-ring (bicyclic) bond motifs is 1. The smallest absolute Gasteiger partial charge is 0.136 e. The number of carbonyl (C=O) groups excluding carboxylic acids is 1. The average Bonchev–Trinajstić information content (AvgIpc) is 2.95. The lowest BCUT2D eigenvalue weighted by molar-refractivity contribution is -0.121. The lowest BCUT2D eigenvalue weighted by atomic mass is 9.87. The van der Waals surface area contributed by atoms with Gasteiger partial charge >= 0.3 is 0 Å². The molecule has 1 nitrogen and oxygen atoms in total. The zero-order chi connectivity index (χ0) is 13.6. The third kappa shape index (κ3) is 2.24. The fourth-order valence-electron chi connectivity index (χ4n) is 4.14. The molecule has 2 fully saturated rings. The van der Waals surface area contributed by atoms with Gasteiger partial charge in [0.1, 0.15) is 5.78 Å². The maximum atomic E-state index is 12.1. The van der Waals surface area contributed by atoms with Crippen molar-refractivity contribution in [2.75, 3.05) is 0 Å². The molecule has 0 radical (unpaired) electrons. The van der Waals surface area contributed by atoms with Gasteiger partial charge in [0.2, 0.25) is 0 Å². The third-order valence-corrected chi connectivity index (χ3v) is 5.55. The first-order chi connectivity index (χ1) is 9.00. The highest BCUT2D eigenvalue weighted by atomic mass is 16.1. The highest BCUT2D eigenvalue weighted by Crippen LogP contribution is 2.63. The van der Waals surface area contributed by atoms with Crippen LogP contribution >= 0.6 is 0 Å². The molecule has 1 heteroatoms. The van der Waals surface area contributed by atoms with Crippen molar-refractivity contribution in [3.63, 3.8) is 0 Å². The largest absolute Gasteiger partial charge is 0.299 e. The van der Waals surface area contributed by atoms with Gasteiger partial charge in [0.05, 0.1) is 0 Å². The summed E-state index contributed by atoms with van der Waals surface area (Å²) in [7, 11) is 0. The molecule has 0 N–H and O–H groups in total. The van der Waals surface area contributed by atoms with Gasteiger partial charge in [0.15, 0.2) is 0 Å². The Kier molecular flexibility index (Phi) is 3.03. The minimum atomic E-state index is 0.279. The summed E-state index contributed by atoms with van der Waals surface area (Å²) in [6.45, 7) is 6.74. The van der Waals surface area contributed by atoms with Crippen molar-refractivity contribution in [1.82, 2.24) is 0 Å². The number of Topliss-reactive ketones (excluding diaryl/α,β-unsaturated/α-hetero) is 1. The van der Waals surface area contributed by atoms with E-state index in [-0.39, 0.29) is 5.41 Å². The summed E-state index contributed by atoms with van der Waals surface area (Å²) in [5.41, 5.74) is 3.14. The van der Waals surface area contributed by atoms with E-state index in [2.05, 4.69) is 45.0 Å². The van der Waals surface area contributed by atoms with E-state index in [4.69, 9.17) is 0 Å². The Bertz CT molecular complexity index is 500. The van der Waals surface area contributed by atoms with Gasteiger partial charge in [-0.2, -0.15) is 0 Å². The average molecular weight is 256 g/mol. The predicted octanol–water partition coefficient (Wildman–Crippen LogP) is 4.18. The second kappa shape index (κ2) is 4.47. The highest BCUT2D eigenvalue weighted by molar-refractivity contribution is 5.85. The maximum Gasteiger partial charge on any atom is 0.136 e. The second-order valence-corrected chi connectivity index (χ2v) is 7.14. The number of hydrogen-bond acceptors (Lipinski definition) is 1. The van der Waals surface area contributed by atoms with Gasteiger partial charge in [-0.1, -0.05) is 38.1 Å². The van der Waals surface area contributed by atoms with Crippen molar-refractivity contribution in [2.45, 2.75) is 46.5 Å². The van der Waals surface area contributed by atoms with Crippen LogP contribution in [0.3, 0.4) is 0 Å². The molecule has 2 aliphatic carbocycles. The molecule has 3 atom stereocenters. The summed E-state index contributed by atoms with van der Waals surface area (Å²) in [6, 6.07) is 8.68. The minimum Gasteiger partial charge on any atom is -0.299 e. The molecule has 0 bridgehead atoms. The number of aryl methyl sites for hydroxylation is 1. The van der Waals surface area contributed by atoms with Crippen molar-refractivity contribution in [2.24, 2.45) is 23.2 Å². The molecule has 0 aromatic heterocycles. The zero-order valence-corrected chi connectivity index (χ0v) is 12.3. The zero-order valence-electron chi connectivity index (χ0n) is 12.3. The van der Waals surface area contributed by atoms with Gasteiger partial charge in [-0.25, -0.2) is 0 Å². The van der Waals surface area contributed by atoms with Crippen LogP contribution in [0, 0.1) is 30.1 Å². The molecule has 3 rings (SSSR count). The first kappa shape index (κ1) is 12.9. The SMILES string of the molecule is Cc1ccccc1CC1CCC(=O)C2C(C1)C2(C)C. The number of carbonyl (C=O) groups is 1. The van der Waals surface area contributed by atoms with Gasteiger partial charge in [-0.15, -0.1) is 0 Å². The molecule has 102 valence electrons. The third-order valence-electron chi connectivity index (χ3n) is 5.55.